The summed E-state index contributed by atoms with van der Waals surface area (Å²) in [6, 6.07) is 0. The molecule has 0 saturated heterocycles. The number of aromatic amines is 2. The third kappa shape index (κ3) is 0.689. The lowest BCUT2D eigenvalue weighted by Gasteiger charge is -1.90. The van der Waals surface area contributed by atoms with Crippen molar-refractivity contribution in [1.82, 2.24) is 15.1 Å². The second-order valence-electron chi connectivity index (χ2n) is 2.04. The first-order valence-corrected chi connectivity index (χ1v) is 2.93. The molecule has 6 nitrogen and oxygen atoms in total. The molecule has 6 heteroatoms. The second kappa shape index (κ2) is 1.82. The van der Waals surface area contributed by atoms with Gasteiger partial charge in [-0.15, -0.1) is 0 Å². The van der Waals surface area contributed by atoms with E-state index in [9.17, 15) is 10.0 Å². The fourth-order valence-corrected chi connectivity index (χ4v) is 0.877. The van der Waals surface area contributed by atoms with E-state index in [0.717, 1.165) is 0 Å². The van der Waals surface area contributed by atoms with Crippen LogP contribution in [0.5, 0.6) is 0 Å². The van der Waals surface area contributed by atoms with Gasteiger partial charge in [-0.05, 0) is 4.98 Å². The van der Waals surface area contributed by atoms with Crippen LogP contribution in [-0.2, 0) is 0 Å². The molecule has 0 amide bonds. The van der Waals surface area contributed by atoms with Crippen LogP contribution >= 0.6 is 0 Å². The van der Waals surface area contributed by atoms with Crippen molar-refractivity contribution in [3.8, 4) is 0 Å². The lowest BCUT2D eigenvalue weighted by Crippen LogP contribution is -2.29. The van der Waals surface area contributed by atoms with Crippen molar-refractivity contribution in [2.75, 3.05) is 0 Å². The van der Waals surface area contributed by atoms with E-state index in [1.165, 1.54) is 12.5 Å². The Balaban J connectivity index is 3.06. The van der Waals surface area contributed by atoms with Gasteiger partial charge in [0.15, 0.2) is 5.39 Å². The molecule has 0 aromatic carbocycles. The van der Waals surface area contributed by atoms with Crippen LogP contribution in [0.25, 0.3) is 11.0 Å². The fourth-order valence-electron chi connectivity index (χ4n) is 0.877. The zero-order valence-electron chi connectivity index (χ0n) is 5.37. The van der Waals surface area contributed by atoms with Crippen molar-refractivity contribution in [2.45, 2.75) is 0 Å². The number of hydrogen-bond donors (Lipinski definition) is 2. The quantitative estimate of drug-likeness (QED) is 0.370. The molecule has 0 aliphatic heterocycles. The highest BCUT2D eigenvalue weighted by atomic mass is 16.5. The monoisotopic (exact) mass is 152 g/mol. The van der Waals surface area contributed by atoms with Gasteiger partial charge in [0, 0.05) is 0 Å². The molecule has 2 aromatic rings. The van der Waals surface area contributed by atoms with Gasteiger partial charge in [-0.1, -0.05) is 0 Å². The molecule has 0 radical (unpaired) electrons. The van der Waals surface area contributed by atoms with Gasteiger partial charge in [0.25, 0.3) is 5.56 Å². The van der Waals surface area contributed by atoms with Crippen LogP contribution in [0.4, 0.5) is 0 Å². The average molecular weight is 152 g/mol. The third-order valence-corrected chi connectivity index (χ3v) is 1.39. The Morgan fingerprint density at radius 2 is 2.45 bits per heavy atom. The molecule has 0 fully saturated rings. The summed E-state index contributed by atoms with van der Waals surface area (Å²) in [5.41, 5.74) is -0.213. The van der Waals surface area contributed by atoms with Crippen molar-refractivity contribution in [3.05, 3.63) is 28.1 Å². The minimum absolute atomic E-state index is 0.105. The van der Waals surface area contributed by atoms with Crippen molar-refractivity contribution in [2.24, 2.45) is 0 Å². The Hall–Kier alpha value is -1.85. The summed E-state index contributed by atoms with van der Waals surface area (Å²) in [6.45, 7) is 0. The van der Waals surface area contributed by atoms with E-state index in [0.29, 0.717) is 4.85 Å². The fraction of sp³-hybridized carbons (Fsp3) is 0. The molecule has 0 unspecified atom stereocenters. The second-order valence-corrected chi connectivity index (χ2v) is 2.04. The summed E-state index contributed by atoms with van der Waals surface area (Å²) in [6.07, 6.45) is 2.50. The molecule has 0 aliphatic carbocycles. The number of hydrogen-bond acceptors (Lipinski definition) is 3. The van der Waals surface area contributed by atoms with Crippen LogP contribution in [0.1, 0.15) is 0 Å². The van der Waals surface area contributed by atoms with Gasteiger partial charge in [-0.3, -0.25) is 9.78 Å². The number of aromatic nitrogens is 4. The van der Waals surface area contributed by atoms with Gasteiger partial charge < -0.3 is 5.21 Å². The predicted molar refractivity (Wildman–Crippen MR) is 35.7 cm³/mol. The summed E-state index contributed by atoms with van der Waals surface area (Å²) in [5.74, 6) is 0. The van der Waals surface area contributed by atoms with E-state index in [1.54, 1.807) is 0 Å². The molecular formula is C5H4N4O2. The molecule has 2 N–H and O–H groups in total. The minimum Gasteiger partial charge on any atom is -0.692 e. The summed E-state index contributed by atoms with van der Waals surface area (Å²) in [5, 5.41) is 13.3. The van der Waals surface area contributed by atoms with Crippen LogP contribution in [0.2, 0.25) is 0 Å². The number of nitrogens with one attached hydrogen (secondary N) is 2. The largest absolute Gasteiger partial charge is 0.692 e. The maximum absolute atomic E-state index is 10.9. The number of fused-ring (bicyclic) bond motifs is 1. The highest BCUT2D eigenvalue weighted by molar-refractivity contribution is 5.68. The first-order valence-electron chi connectivity index (χ1n) is 2.93. The number of rotatable bonds is 0. The van der Waals surface area contributed by atoms with Gasteiger partial charge >= 0.3 is 5.65 Å². The smallest absolute Gasteiger partial charge is 0.361 e. The Labute approximate surface area is 60.1 Å². The third-order valence-electron chi connectivity index (χ3n) is 1.39. The highest BCUT2D eigenvalue weighted by Gasteiger charge is 2.08. The Morgan fingerprint density at radius 3 is 3.18 bits per heavy atom. The summed E-state index contributed by atoms with van der Waals surface area (Å²) in [7, 11) is 0. The molecule has 0 spiro atoms. The van der Waals surface area contributed by atoms with E-state index in [-0.39, 0.29) is 16.6 Å². The lowest BCUT2D eigenvalue weighted by molar-refractivity contribution is -0.641. The zero-order valence-corrected chi connectivity index (χ0v) is 5.37. The van der Waals surface area contributed by atoms with Gasteiger partial charge in [0.2, 0.25) is 6.33 Å². The molecule has 0 atom stereocenters. The average Bonchev–Trinajstić information content (AvgIpc) is 2.35. The summed E-state index contributed by atoms with van der Waals surface area (Å²) >= 11 is 0. The Kier molecular flexibility index (Phi) is 0.974. The van der Waals surface area contributed by atoms with Crippen LogP contribution in [-0.4, -0.2) is 15.1 Å². The van der Waals surface area contributed by atoms with Gasteiger partial charge in [0.1, 0.15) is 0 Å². The van der Waals surface area contributed by atoms with Crippen molar-refractivity contribution >= 4 is 11.0 Å². The molecule has 2 aromatic heterocycles. The molecule has 11 heavy (non-hydrogen) atoms. The maximum Gasteiger partial charge on any atom is 0.361 e. The molecule has 0 saturated carbocycles. The van der Waals surface area contributed by atoms with E-state index in [1.807, 2.05) is 0 Å². The SMILES string of the molecule is O=c1[nH]cnc2c1c[nH][n+]2[O-]. The van der Waals surface area contributed by atoms with E-state index in [2.05, 4.69) is 15.1 Å². The molecular weight excluding hydrogens is 148 g/mol. The minimum atomic E-state index is -0.319. The van der Waals surface area contributed by atoms with E-state index >= 15 is 0 Å². The molecule has 0 aliphatic rings. The van der Waals surface area contributed by atoms with E-state index < -0.39 is 0 Å². The Morgan fingerprint density at radius 1 is 1.64 bits per heavy atom. The summed E-state index contributed by atoms with van der Waals surface area (Å²) in [4.78, 5) is 17.4. The molecule has 2 rings (SSSR count). The molecule has 56 valence electrons. The van der Waals surface area contributed by atoms with Crippen molar-refractivity contribution < 1.29 is 4.85 Å². The molecule has 0 bridgehead atoms. The topological polar surface area (TPSA) is 88.5 Å². The van der Waals surface area contributed by atoms with Crippen molar-refractivity contribution in [1.29, 1.82) is 0 Å². The number of nitrogens with zero attached hydrogens (tertiary/aromatic N) is 2. The normalized spacial score (nSPS) is 10.5. The van der Waals surface area contributed by atoms with E-state index in [4.69, 9.17) is 0 Å². The van der Waals surface area contributed by atoms with Gasteiger partial charge in [-0.2, -0.15) is 4.85 Å². The Bertz CT molecular complexity index is 443. The van der Waals surface area contributed by atoms with Crippen LogP contribution < -0.4 is 10.4 Å². The highest BCUT2D eigenvalue weighted by Crippen LogP contribution is 1.94. The standard InChI is InChI=1S/C5H4N4O2/c10-5-3-1-8-9(11)4(3)6-2-7-5/h1-2,8H,(H,6,7,10). The van der Waals surface area contributed by atoms with Crippen LogP contribution in [0.3, 0.4) is 0 Å². The first-order chi connectivity index (χ1) is 5.29. The first kappa shape index (κ1) is 5.90. The maximum atomic E-state index is 10.9. The zero-order chi connectivity index (χ0) is 7.84. The molecule has 2 heterocycles. The lowest BCUT2D eigenvalue weighted by atomic mass is 10.4. The van der Waals surface area contributed by atoms with Gasteiger partial charge in [-0.25, -0.2) is 5.10 Å². The summed E-state index contributed by atoms with van der Waals surface area (Å²) < 4.78 is 0. The van der Waals surface area contributed by atoms with Crippen LogP contribution in [0, 0.1) is 5.21 Å². The van der Waals surface area contributed by atoms with Crippen molar-refractivity contribution in [3.63, 3.8) is 0 Å². The van der Waals surface area contributed by atoms with Crippen LogP contribution in [0.15, 0.2) is 17.3 Å². The number of H-pyrrole nitrogens is 2. The predicted octanol–water partition coefficient (Wildman–Crippen LogP) is -1.12. The van der Waals surface area contributed by atoms with Gasteiger partial charge in [0.05, 0.1) is 6.20 Å².